The molecule has 2 rings (SSSR count). The second-order valence-corrected chi connectivity index (χ2v) is 5.32. The zero-order valence-corrected chi connectivity index (χ0v) is 12.6. The molecule has 112 valence electrons. The van der Waals surface area contributed by atoms with Crippen molar-refractivity contribution in [1.82, 2.24) is 5.32 Å². The molecule has 2 aromatic carbocycles. The molecule has 1 unspecified atom stereocenters. The molecular formula is C18H22FNO. The van der Waals surface area contributed by atoms with Crippen LogP contribution in [-0.2, 0) is 24.3 Å². The molecule has 0 aliphatic rings. The summed E-state index contributed by atoms with van der Waals surface area (Å²) in [6.07, 6.45) is 0.810. The van der Waals surface area contributed by atoms with Crippen molar-refractivity contribution in [3.8, 4) is 0 Å². The van der Waals surface area contributed by atoms with Gasteiger partial charge in [0.05, 0.1) is 6.61 Å². The lowest BCUT2D eigenvalue weighted by molar-refractivity contribution is 0.184. The van der Waals surface area contributed by atoms with E-state index in [2.05, 4.69) is 24.4 Å². The molecule has 1 N–H and O–H groups in total. The molecule has 0 amide bonds. The number of rotatable bonds is 7. The summed E-state index contributed by atoms with van der Waals surface area (Å²) in [5.41, 5.74) is 3.45. The Morgan fingerprint density at radius 1 is 1.10 bits per heavy atom. The highest BCUT2D eigenvalue weighted by atomic mass is 19.1. The van der Waals surface area contributed by atoms with Gasteiger partial charge in [-0.2, -0.15) is 0 Å². The topological polar surface area (TPSA) is 21.3 Å². The molecule has 0 saturated heterocycles. The van der Waals surface area contributed by atoms with Gasteiger partial charge in [-0.05, 0) is 42.2 Å². The van der Waals surface area contributed by atoms with Crippen LogP contribution in [0.15, 0.2) is 48.5 Å². The first kappa shape index (κ1) is 15.7. The van der Waals surface area contributed by atoms with Gasteiger partial charge >= 0.3 is 0 Å². The smallest absolute Gasteiger partial charge is 0.123 e. The predicted octanol–water partition coefficient (Wildman–Crippen LogP) is 3.69. The molecule has 0 saturated carbocycles. The number of hydrogen-bond donors (Lipinski definition) is 1. The van der Waals surface area contributed by atoms with Crippen molar-refractivity contribution in [3.05, 3.63) is 71.0 Å². The molecule has 0 aromatic heterocycles. The molecule has 0 aliphatic heterocycles. The van der Waals surface area contributed by atoms with Crippen molar-refractivity contribution in [3.63, 3.8) is 0 Å². The lowest BCUT2D eigenvalue weighted by Crippen LogP contribution is -2.28. The SMILES string of the molecule is COCc1ccccc1CNC(C)Cc1cccc(F)c1. The van der Waals surface area contributed by atoms with Crippen molar-refractivity contribution in [1.29, 1.82) is 0 Å². The van der Waals surface area contributed by atoms with Crippen LogP contribution < -0.4 is 5.32 Å². The van der Waals surface area contributed by atoms with Crippen LogP contribution in [0.2, 0.25) is 0 Å². The van der Waals surface area contributed by atoms with Gasteiger partial charge in [-0.3, -0.25) is 0 Å². The van der Waals surface area contributed by atoms with E-state index < -0.39 is 0 Å². The molecule has 0 heterocycles. The van der Waals surface area contributed by atoms with Crippen molar-refractivity contribution >= 4 is 0 Å². The maximum atomic E-state index is 13.2. The van der Waals surface area contributed by atoms with Gasteiger partial charge in [0.25, 0.3) is 0 Å². The monoisotopic (exact) mass is 287 g/mol. The van der Waals surface area contributed by atoms with Gasteiger partial charge in [0.15, 0.2) is 0 Å². The number of halogens is 1. The Hall–Kier alpha value is -1.71. The molecule has 3 heteroatoms. The lowest BCUT2D eigenvalue weighted by atomic mass is 10.1. The van der Waals surface area contributed by atoms with Crippen molar-refractivity contribution in [2.75, 3.05) is 7.11 Å². The summed E-state index contributed by atoms with van der Waals surface area (Å²) < 4.78 is 18.4. The van der Waals surface area contributed by atoms with Gasteiger partial charge in [0.2, 0.25) is 0 Å². The summed E-state index contributed by atoms with van der Waals surface area (Å²) in [7, 11) is 1.71. The second kappa shape index (κ2) is 7.91. The van der Waals surface area contributed by atoms with E-state index in [0.717, 1.165) is 18.5 Å². The Bertz CT molecular complexity index is 571. The standard InChI is InChI=1S/C18H22FNO/c1-14(10-15-6-5-9-18(19)11-15)20-12-16-7-3-4-8-17(16)13-21-2/h3-9,11,14,20H,10,12-13H2,1-2H3. The van der Waals surface area contributed by atoms with Gasteiger partial charge in [-0.1, -0.05) is 36.4 Å². The van der Waals surface area contributed by atoms with E-state index in [1.807, 2.05) is 18.2 Å². The van der Waals surface area contributed by atoms with Gasteiger partial charge < -0.3 is 10.1 Å². The second-order valence-electron chi connectivity index (χ2n) is 5.32. The van der Waals surface area contributed by atoms with Crippen molar-refractivity contribution < 1.29 is 9.13 Å². The summed E-state index contributed by atoms with van der Waals surface area (Å²) >= 11 is 0. The van der Waals surface area contributed by atoms with Crippen LogP contribution in [0.25, 0.3) is 0 Å². The first-order chi connectivity index (χ1) is 10.2. The van der Waals surface area contributed by atoms with Crippen molar-refractivity contribution in [2.45, 2.75) is 32.5 Å². The van der Waals surface area contributed by atoms with Crippen LogP contribution in [0.1, 0.15) is 23.6 Å². The average molecular weight is 287 g/mol. The minimum absolute atomic E-state index is 0.176. The Morgan fingerprint density at radius 2 is 1.86 bits per heavy atom. The third-order valence-corrected chi connectivity index (χ3v) is 3.49. The molecule has 0 spiro atoms. The third kappa shape index (κ3) is 4.96. The highest BCUT2D eigenvalue weighted by molar-refractivity contribution is 5.26. The number of nitrogens with one attached hydrogen (secondary N) is 1. The number of hydrogen-bond acceptors (Lipinski definition) is 2. The summed E-state index contributed by atoms with van der Waals surface area (Å²) in [6, 6.07) is 15.3. The summed E-state index contributed by atoms with van der Waals surface area (Å²) in [4.78, 5) is 0. The zero-order chi connectivity index (χ0) is 15.1. The lowest BCUT2D eigenvalue weighted by Gasteiger charge is -2.16. The summed E-state index contributed by atoms with van der Waals surface area (Å²) in [5, 5.41) is 3.49. The molecule has 0 fully saturated rings. The molecule has 21 heavy (non-hydrogen) atoms. The third-order valence-electron chi connectivity index (χ3n) is 3.49. The first-order valence-electron chi connectivity index (χ1n) is 7.22. The van der Waals surface area contributed by atoms with Crippen LogP contribution in [-0.4, -0.2) is 13.2 Å². The first-order valence-corrected chi connectivity index (χ1v) is 7.22. The van der Waals surface area contributed by atoms with Gasteiger partial charge in [0.1, 0.15) is 5.82 Å². The van der Waals surface area contributed by atoms with Gasteiger partial charge in [0, 0.05) is 19.7 Å². The molecule has 2 nitrogen and oxygen atoms in total. The largest absolute Gasteiger partial charge is 0.380 e. The van der Waals surface area contributed by atoms with Crippen LogP contribution in [0.4, 0.5) is 4.39 Å². The maximum Gasteiger partial charge on any atom is 0.123 e. The van der Waals surface area contributed by atoms with E-state index in [-0.39, 0.29) is 11.9 Å². The van der Waals surface area contributed by atoms with Crippen LogP contribution in [0.5, 0.6) is 0 Å². The molecule has 0 bridgehead atoms. The Balaban J connectivity index is 1.90. The highest BCUT2D eigenvalue weighted by Gasteiger charge is 2.06. The minimum atomic E-state index is -0.176. The summed E-state index contributed by atoms with van der Waals surface area (Å²) in [5.74, 6) is -0.176. The Morgan fingerprint density at radius 3 is 2.57 bits per heavy atom. The Labute approximate surface area is 126 Å². The van der Waals surface area contributed by atoms with E-state index in [4.69, 9.17) is 4.74 Å². The van der Waals surface area contributed by atoms with Crippen LogP contribution in [0.3, 0.4) is 0 Å². The van der Waals surface area contributed by atoms with Gasteiger partial charge in [-0.15, -0.1) is 0 Å². The molecular weight excluding hydrogens is 265 g/mol. The molecule has 2 aromatic rings. The number of benzene rings is 2. The average Bonchev–Trinajstić information content (AvgIpc) is 2.47. The fourth-order valence-electron chi connectivity index (χ4n) is 2.40. The zero-order valence-electron chi connectivity index (χ0n) is 12.6. The highest BCUT2D eigenvalue weighted by Crippen LogP contribution is 2.11. The Kier molecular flexibility index (Phi) is 5.90. The van der Waals surface area contributed by atoms with E-state index in [0.29, 0.717) is 6.61 Å². The van der Waals surface area contributed by atoms with E-state index in [9.17, 15) is 4.39 Å². The fourth-order valence-corrected chi connectivity index (χ4v) is 2.40. The molecule has 0 aliphatic carbocycles. The van der Waals surface area contributed by atoms with Crippen LogP contribution in [0, 0.1) is 5.82 Å². The number of ether oxygens (including phenoxy) is 1. The fraction of sp³-hybridized carbons (Fsp3) is 0.333. The molecule has 0 radical (unpaired) electrons. The van der Waals surface area contributed by atoms with E-state index in [1.165, 1.54) is 17.2 Å². The van der Waals surface area contributed by atoms with E-state index >= 15 is 0 Å². The van der Waals surface area contributed by atoms with Gasteiger partial charge in [-0.25, -0.2) is 4.39 Å². The quantitative estimate of drug-likeness (QED) is 0.838. The normalized spacial score (nSPS) is 12.3. The predicted molar refractivity (Wildman–Crippen MR) is 83.6 cm³/mol. The van der Waals surface area contributed by atoms with Crippen molar-refractivity contribution in [2.24, 2.45) is 0 Å². The van der Waals surface area contributed by atoms with Crippen LogP contribution >= 0.6 is 0 Å². The minimum Gasteiger partial charge on any atom is -0.380 e. The molecule has 1 atom stereocenters. The summed E-state index contributed by atoms with van der Waals surface area (Å²) in [6.45, 7) is 3.52. The number of methoxy groups -OCH3 is 1. The maximum absolute atomic E-state index is 13.2. The van der Waals surface area contributed by atoms with E-state index in [1.54, 1.807) is 19.2 Å².